The summed E-state index contributed by atoms with van der Waals surface area (Å²) in [6.45, 7) is 2.69. The smallest absolute Gasteiger partial charge is 0.270 e. The van der Waals surface area contributed by atoms with Gasteiger partial charge in [-0.3, -0.25) is 4.79 Å². The van der Waals surface area contributed by atoms with E-state index in [0.29, 0.717) is 30.5 Å². The van der Waals surface area contributed by atoms with Crippen molar-refractivity contribution in [1.82, 2.24) is 23.9 Å². The molecule has 0 N–H and O–H groups in total. The van der Waals surface area contributed by atoms with E-state index in [1.165, 1.54) is 30.9 Å². The van der Waals surface area contributed by atoms with Gasteiger partial charge in [0.1, 0.15) is 10.6 Å². The van der Waals surface area contributed by atoms with Gasteiger partial charge in [-0.25, -0.2) is 12.7 Å². The third kappa shape index (κ3) is 2.71. The molecule has 0 atom stereocenters. The Morgan fingerprint density at radius 3 is 2.58 bits per heavy atom. The van der Waals surface area contributed by atoms with Crippen LogP contribution in [0, 0.1) is 6.92 Å². The fourth-order valence-electron chi connectivity index (χ4n) is 2.54. The zero-order valence-corrected chi connectivity index (χ0v) is 14.7. The lowest BCUT2D eigenvalue weighted by Crippen LogP contribution is -2.49. The highest BCUT2D eigenvalue weighted by molar-refractivity contribution is 7.89. The molecule has 1 saturated heterocycles. The summed E-state index contributed by atoms with van der Waals surface area (Å²) in [6.07, 6.45) is 1.45. The quantitative estimate of drug-likeness (QED) is 0.778. The first-order valence-corrected chi connectivity index (χ1v) is 8.82. The van der Waals surface area contributed by atoms with Gasteiger partial charge >= 0.3 is 0 Å². The summed E-state index contributed by atoms with van der Waals surface area (Å²) in [5.74, 6) is 0.903. The number of aryl methyl sites for hydroxylation is 2. The van der Waals surface area contributed by atoms with E-state index < -0.39 is 10.0 Å². The molecule has 2 aromatic heterocycles. The van der Waals surface area contributed by atoms with Crippen LogP contribution >= 0.6 is 0 Å². The van der Waals surface area contributed by atoms with E-state index in [4.69, 9.17) is 4.52 Å². The Kier molecular flexibility index (Phi) is 3.96. The summed E-state index contributed by atoms with van der Waals surface area (Å²) in [5.41, 5.74) is 0.329. The summed E-state index contributed by atoms with van der Waals surface area (Å²) in [6, 6.07) is 1.40. The molecule has 2 aromatic rings. The highest BCUT2D eigenvalue weighted by atomic mass is 32.2. The van der Waals surface area contributed by atoms with Gasteiger partial charge in [0, 0.05) is 40.4 Å². The van der Waals surface area contributed by atoms with Crippen molar-refractivity contribution in [3.05, 3.63) is 29.7 Å². The third-order valence-corrected chi connectivity index (χ3v) is 5.82. The molecule has 0 aromatic carbocycles. The van der Waals surface area contributed by atoms with Crippen LogP contribution in [0.4, 0.5) is 0 Å². The molecule has 0 unspecified atom stereocenters. The Bertz CT molecular complexity index is 877. The van der Waals surface area contributed by atoms with Crippen LogP contribution in [-0.2, 0) is 17.1 Å². The lowest BCUT2D eigenvalue weighted by molar-refractivity contribution is 0.0559. The first-order chi connectivity index (χ1) is 11.2. The fourth-order valence-corrected chi connectivity index (χ4v) is 3.51. The Morgan fingerprint density at radius 2 is 2.04 bits per heavy atom. The molecule has 0 saturated carbocycles. The van der Waals surface area contributed by atoms with Gasteiger partial charge in [-0.2, -0.15) is 4.98 Å². The second kappa shape index (κ2) is 5.71. The van der Waals surface area contributed by atoms with Crippen LogP contribution in [0.15, 0.2) is 21.7 Å². The zero-order chi connectivity index (χ0) is 17.6. The second-order valence-corrected chi connectivity index (χ2v) is 8.20. The minimum absolute atomic E-state index is 0.0281. The van der Waals surface area contributed by atoms with Crippen molar-refractivity contribution in [2.75, 3.05) is 27.2 Å². The maximum Gasteiger partial charge on any atom is 0.270 e. The summed E-state index contributed by atoms with van der Waals surface area (Å²) < 4.78 is 32.1. The molecular weight excluding hydrogens is 334 g/mol. The molecule has 3 rings (SSSR count). The maximum atomic E-state index is 12.6. The minimum Gasteiger partial charge on any atom is -0.345 e. The van der Waals surface area contributed by atoms with Crippen LogP contribution in [-0.4, -0.2) is 65.4 Å². The number of hydrogen-bond donors (Lipinski definition) is 0. The number of aromatic nitrogens is 3. The van der Waals surface area contributed by atoms with Crippen molar-refractivity contribution in [2.24, 2.45) is 7.05 Å². The molecule has 24 heavy (non-hydrogen) atoms. The normalized spacial score (nSPS) is 15.8. The Hall–Kier alpha value is -2.20. The largest absolute Gasteiger partial charge is 0.345 e. The minimum atomic E-state index is -3.57. The van der Waals surface area contributed by atoms with Gasteiger partial charge in [0.15, 0.2) is 5.82 Å². The molecule has 1 aliphatic rings. The van der Waals surface area contributed by atoms with Crippen LogP contribution < -0.4 is 0 Å². The highest BCUT2D eigenvalue weighted by Gasteiger charge is 2.37. The molecule has 1 aliphatic heterocycles. The highest BCUT2D eigenvalue weighted by Crippen LogP contribution is 2.28. The van der Waals surface area contributed by atoms with E-state index in [0.717, 1.165) is 4.31 Å². The molecule has 0 spiro atoms. The molecule has 3 heterocycles. The summed E-state index contributed by atoms with van der Waals surface area (Å²) in [7, 11) is 0.994. The zero-order valence-electron chi connectivity index (χ0n) is 13.9. The molecule has 0 aliphatic carbocycles. The van der Waals surface area contributed by atoms with Crippen molar-refractivity contribution >= 4 is 15.9 Å². The second-order valence-electron chi connectivity index (χ2n) is 6.05. The monoisotopic (exact) mass is 353 g/mol. The molecular formula is C14H19N5O4S. The Labute approximate surface area is 139 Å². The average Bonchev–Trinajstić information content (AvgIpc) is 3.03. The number of nitrogens with zero attached hydrogens (tertiary/aromatic N) is 5. The van der Waals surface area contributed by atoms with Crippen molar-refractivity contribution in [3.63, 3.8) is 0 Å². The predicted molar refractivity (Wildman–Crippen MR) is 84.0 cm³/mol. The van der Waals surface area contributed by atoms with Crippen molar-refractivity contribution in [2.45, 2.75) is 17.7 Å². The fraction of sp³-hybridized carbons (Fsp3) is 0.500. The molecule has 130 valence electrons. The van der Waals surface area contributed by atoms with Crippen LogP contribution in [0.1, 0.15) is 28.1 Å². The van der Waals surface area contributed by atoms with E-state index in [9.17, 15) is 13.2 Å². The van der Waals surface area contributed by atoms with Crippen LogP contribution in [0.25, 0.3) is 0 Å². The van der Waals surface area contributed by atoms with Gasteiger partial charge in [0.05, 0.1) is 5.92 Å². The van der Waals surface area contributed by atoms with Crippen LogP contribution in [0.2, 0.25) is 0 Å². The lowest BCUT2D eigenvalue weighted by Gasteiger charge is -2.37. The van der Waals surface area contributed by atoms with E-state index in [1.807, 2.05) is 0 Å². The summed E-state index contributed by atoms with van der Waals surface area (Å²) in [5, 5.41) is 3.74. The first-order valence-electron chi connectivity index (χ1n) is 7.38. The van der Waals surface area contributed by atoms with Gasteiger partial charge in [-0.1, -0.05) is 5.16 Å². The van der Waals surface area contributed by atoms with Gasteiger partial charge in [-0.05, 0) is 13.0 Å². The Morgan fingerprint density at radius 1 is 1.38 bits per heavy atom. The van der Waals surface area contributed by atoms with E-state index in [1.54, 1.807) is 18.9 Å². The van der Waals surface area contributed by atoms with Gasteiger partial charge in [0.25, 0.3) is 5.91 Å². The lowest BCUT2D eigenvalue weighted by atomic mass is 10.00. The third-order valence-electron chi connectivity index (χ3n) is 4.04. The SMILES string of the molecule is Cc1noc(C2CN(C(=O)c3cc(S(=O)(=O)N(C)C)cn3C)C2)n1. The van der Waals surface area contributed by atoms with Crippen molar-refractivity contribution < 1.29 is 17.7 Å². The van der Waals surface area contributed by atoms with Gasteiger partial charge in [0.2, 0.25) is 15.9 Å². The first kappa shape index (κ1) is 16.7. The van der Waals surface area contributed by atoms with E-state index in [-0.39, 0.29) is 16.7 Å². The van der Waals surface area contributed by atoms with Crippen LogP contribution in [0.5, 0.6) is 0 Å². The number of carbonyl (C=O) groups is 1. The van der Waals surface area contributed by atoms with Gasteiger partial charge in [-0.15, -0.1) is 0 Å². The molecule has 1 fully saturated rings. The van der Waals surface area contributed by atoms with Gasteiger partial charge < -0.3 is 14.0 Å². The number of hydrogen-bond acceptors (Lipinski definition) is 6. The number of sulfonamides is 1. The standard InChI is InChI=1S/C14H19N5O4S/c1-9-15-13(23-16-9)10-6-19(7-10)14(20)12-5-11(8-18(12)4)24(21,22)17(2)3/h5,8,10H,6-7H2,1-4H3. The molecule has 9 nitrogen and oxygen atoms in total. The Balaban J connectivity index is 1.74. The van der Waals surface area contributed by atoms with E-state index >= 15 is 0 Å². The molecule has 0 bridgehead atoms. The predicted octanol–water partition coefficient (Wildman–Crippen LogP) is 0.206. The summed E-state index contributed by atoms with van der Waals surface area (Å²) >= 11 is 0. The number of carbonyl (C=O) groups excluding carboxylic acids is 1. The topological polar surface area (TPSA) is 102 Å². The molecule has 10 heteroatoms. The average molecular weight is 353 g/mol. The van der Waals surface area contributed by atoms with E-state index in [2.05, 4.69) is 10.1 Å². The molecule has 0 radical (unpaired) electrons. The molecule has 1 amide bonds. The number of rotatable bonds is 4. The number of likely N-dealkylation sites (tertiary alicyclic amines) is 1. The van der Waals surface area contributed by atoms with Crippen molar-refractivity contribution in [1.29, 1.82) is 0 Å². The van der Waals surface area contributed by atoms with Crippen molar-refractivity contribution in [3.8, 4) is 0 Å². The summed E-state index contributed by atoms with van der Waals surface area (Å²) in [4.78, 5) is 18.5. The van der Waals surface area contributed by atoms with Crippen LogP contribution in [0.3, 0.4) is 0 Å². The maximum absolute atomic E-state index is 12.6. The number of amides is 1.